The van der Waals surface area contributed by atoms with Crippen LogP contribution in [0.3, 0.4) is 0 Å². The zero-order valence-electron chi connectivity index (χ0n) is 6.76. The number of rotatable bonds is 2. The van der Waals surface area contributed by atoms with E-state index in [4.69, 9.17) is 0 Å². The number of carbonyl (C=O) groups excluding carboxylic acids is 1. The molecule has 0 N–H and O–H groups in total. The van der Waals surface area contributed by atoms with Crippen LogP contribution in [0.4, 0.5) is 0 Å². The normalized spacial score (nSPS) is 19.2. The number of hydrogen-bond acceptors (Lipinski definition) is 2. The van der Waals surface area contributed by atoms with Gasteiger partial charge in [0, 0.05) is 9.89 Å². The number of halogens is 1. The summed E-state index contributed by atoms with van der Waals surface area (Å²) in [5, 5.41) is 1.95. The summed E-state index contributed by atoms with van der Waals surface area (Å²) in [5.74, 6) is 0.310. The molecule has 64 valence electrons. The van der Waals surface area contributed by atoms with Gasteiger partial charge in [-0.15, -0.1) is 11.3 Å². The molecular weight excluding hydrogens is 236 g/mol. The van der Waals surface area contributed by atoms with E-state index in [1.165, 1.54) is 11.3 Å². The predicted molar refractivity (Wildman–Crippen MR) is 53.7 cm³/mol. The third-order valence-corrected chi connectivity index (χ3v) is 4.21. The molecule has 2 rings (SSSR count). The largest absolute Gasteiger partial charge is 0.293 e. The molecule has 0 unspecified atom stereocenters. The Kier molecular flexibility index (Phi) is 1.88. The van der Waals surface area contributed by atoms with E-state index < -0.39 is 0 Å². The summed E-state index contributed by atoms with van der Waals surface area (Å²) in [6.07, 6.45) is 2.10. The second-order valence-electron chi connectivity index (χ2n) is 3.49. The Morgan fingerprint density at radius 1 is 1.67 bits per heavy atom. The molecule has 0 saturated heterocycles. The first-order valence-corrected chi connectivity index (χ1v) is 5.58. The van der Waals surface area contributed by atoms with Gasteiger partial charge in [0.05, 0.1) is 4.88 Å². The molecule has 0 atom stereocenters. The fraction of sp³-hybridized carbons (Fsp3) is 0.444. The van der Waals surface area contributed by atoms with Crippen LogP contribution in [-0.2, 0) is 0 Å². The van der Waals surface area contributed by atoms with Crippen molar-refractivity contribution in [3.05, 3.63) is 20.8 Å². The first-order chi connectivity index (χ1) is 5.63. The quantitative estimate of drug-likeness (QED) is 0.729. The number of thiophene rings is 1. The molecule has 1 aromatic rings. The molecule has 0 spiro atoms. The van der Waals surface area contributed by atoms with Gasteiger partial charge in [0.1, 0.15) is 0 Å². The van der Waals surface area contributed by atoms with E-state index in [1.54, 1.807) is 0 Å². The summed E-state index contributed by atoms with van der Waals surface area (Å²) < 4.78 is 0.950. The Balaban J connectivity index is 2.31. The van der Waals surface area contributed by atoms with E-state index in [1.807, 2.05) is 18.4 Å². The average molecular weight is 245 g/mol. The number of carbonyl (C=O) groups is 1. The molecule has 1 fully saturated rings. The molecule has 1 aliphatic carbocycles. The fourth-order valence-corrected chi connectivity index (χ4v) is 2.79. The number of hydrogen-bond donors (Lipinski definition) is 0. The summed E-state index contributed by atoms with van der Waals surface area (Å²) in [6.45, 7) is 2.04. The van der Waals surface area contributed by atoms with Crippen molar-refractivity contribution < 1.29 is 4.79 Å². The molecule has 0 aliphatic heterocycles. The van der Waals surface area contributed by atoms with E-state index >= 15 is 0 Å². The van der Waals surface area contributed by atoms with E-state index in [0.717, 1.165) is 22.2 Å². The minimum atomic E-state index is -0.0344. The monoisotopic (exact) mass is 244 g/mol. The standard InChI is InChI=1S/C9H9BrOS/c1-9(3-4-9)8(11)7-6(10)2-5-12-7/h2,5H,3-4H2,1H3. The van der Waals surface area contributed by atoms with Gasteiger partial charge in [0.15, 0.2) is 5.78 Å². The predicted octanol–water partition coefficient (Wildman–Crippen LogP) is 3.49. The average Bonchev–Trinajstić information content (AvgIpc) is 2.63. The van der Waals surface area contributed by atoms with E-state index in [0.29, 0.717) is 5.78 Å². The van der Waals surface area contributed by atoms with Crippen LogP contribution in [0, 0.1) is 5.41 Å². The molecule has 3 heteroatoms. The lowest BCUT2D eigenvalue weighted by Gasteiger charge is -2.04. The maximum absolute atomic E-state index is 11.8. The van der Waals surface area contributed by atoms with E-state index in [2.05, 4.69) is 15.9 Å². The van der Waals surface area contributed by atoms with Gasteiger partial charge in [-0.2, -0.15) is 0 Å². The summed E-state index contributed by atoms with van der Waals surface area (Å²) in [7, 11) is 0. The van der Waals surface area contributed by atoms with Gasteiger partial charge < -0.3 is 0 Å². The molecule has 1 saturated carbocycles. The van der Waals surface area contributed by atoms with Crippen LogP contribution >= 0.6 is 27.3 Å². The van der Waals surface area contributed by atoms with Crippen LogP contribution in [0.25, 0.3) is 0 Å². The SMILES string of the molecule is CC1(C(=O)c2sccc2Br)CC1. The molecule has 0 bridgehead atoms. The van der Waals surface area contributed by atoms with Crippen molar-refractivity contribution in [3.8, 4) is 0 Å². The van der Waals surface area contributed by atoms with Crippen LogP contribution in [-0.4, -0.2) is 5.78 Å². The summed E-state index contributed by atoms with van der Waals surface area (Å²) >= 11 is 4.90. The Bertz CT molecular complexity index is 325. The van der Waals surface area contributed by atoms with Crippen molar-refractivity contribution in [1.29, 1.82) is 0 Å². The Hall–Kier alpha value is -0.150. The van der Waals surface area contributed by atoms with Gasteiger partial charge in [-0.3, -0.25) is 4.79 Å². The highest BCUT2D eigenvalue weighted by Crippen LogP contribution is 2.49. The van der Waals surface area contributed by atoms with Crippen LogP contribution in [0.15, 0.2) is 15.9 Å². The van der Waals surface area contributed by atoms with E-state index in [9.17, 15) is 4.79 Å². The zero-order chi connectivity index (χ0) is 8.77. The lowest BCUT2D eigenvalue weighted by atomic mass is 10.0. The molecule has 1 aliphatic rings. The van der Waals surface area contributed by atoms with Crippen molar-refractivity contribution in [1.82, 2.24) is 0 Å². The molecule has 1 aromatic heterocycles. The summed E-state index contributed by atoms with van der Waals surface area (Å²) in [4.78, 5) is 12.7. The summed E-state index contributed by atoms with van der Waals surface area (Å²) in [5.41, 5.74) is -0.0344. The summed E-state index contributed by atoms with van der Waals surface area (Å²) in [6, 6.07) is 1.93. The molecule has 0 aromatic carbocycles. The van der Waals surface area contributed by atoms with Gasteiger partial charge in [-0.25, -0.2) is 0 Å². The lowest BCUT2D eigenvalue weighted by Crippen LogP contribution is -2.10. The topological polar surface area (TPSA) is 17.1 Å². The maximum atomic E-state index is 11.8. The maximum Gasteiger partial charge on any atom is 0.179 e. The van der Waals surface area contributed by atoms with Crippen LogP contribution in [0.2, 0.25) is 0 Å². The third-order valence-electron chi connectivity index (χ3n) is 2.37. The highest BCUT2D eigenvalue weighted by atomic mass is 79.9. The van der Waals surface area contributed by atoms with Gasteiger partial charge in [-0.1, -0.05) is 6.92 Å². The van der Waals surface area contributed by atoms with Gasteiger partial charge in [0.25, 0.3) is 0 Å². The van der Waals surface area contributed by atoms with Crippen LogP contribution in [0.1, 0.15) is 29.4 Å². The smallest absolute Gasteiger partial charge is 0.179 e. The van der Waals surface area contributed by atoms with Crippen molar-refractivity contribution >= 4 is 33.0 Å². The fourth-order valence-electron chi connectivity index (χ4n) is 1.14. The Labute approximate surface area is 83.9 Å². The first-order valence-electron chi connectivity index (χ1n) is 3.91. The van der Waals surface area contributed by atoms with Gasteiger partial charge >= 0.3 is 0 Å². The van der Waals surface area contributed by atoms with Gasteiger partial charge in [-0.05, 0) is 40.2 Å². The van der Waals surface area contributed by atoms with Crippen molar-refractivity contribution in [2.75, 3.05) is 0 Å². The van der Waals surface area contributed by atoms with Crippen LogP contribution < -0.4 is 0 Å². The lowest BCUT2D eigenvalue weighted by molar-refractivity contribution is 0.0916. The molecule has 12 heavy (non-hydrogen) atoms. The van der Waals surface area contributed by atoms with Crippen molar-refractivity contribution in [2.24, 2.45) is 5.41 Å². The number of ketones is 1. The molecule has 1 heterocycles. The van der Waals surface area contributed by atoms with Crippen molar-refractivity contribution in [2.45, 2.75) is 19.8 Å². The minimum absolute atomic E-state index is 0.0344. The minimum Gasteiger partial charge on any atom is -0.293 e. The Morgan fingerprint density at radius 3 is 2.75 bits per heavy atom. The second kappa shape index (κ2) is 2.67. The van der Waals surface area contributed by atoms with Crippen LogP contribution in [0.5, 0.6) is 0 Å². The highest BCUT2D eigenvalue weighted by molar-refractivity contribution is 9.10. The Morgan fingerprint density at radius 2 is 2.33 bits per heavy atom. The molecule has 0 amide bonds. The first kappa shape index (κ1) is 8.45. The molecule has 0 radical (unpaired) electrons. The van der Waals surface area contributed by atoms with E-state index in [-0.39, 0.29) is 5.41 Å². The van der Waals surface area contributed by atoms with Crippen molar-refractivity contribution in [3.63, 3.8) is 0 Å². The second-order valence-corrected chi connectivity index (χ2v) is 5.26. The molecular formula is C9H9BrOS. The molecule has 1 nitrogen and oxygen atoms in total. The zero-order valence-corrected chi connectivity index (χ0v) is 9.17. The number of Topliss-reactive ketones (excluding diaryl/α,β-unsaturated/α-hetero) is 1. The van der Waals surface area contributed by atoms with Gasteiger partial charge in [0.2, 0.25) is 0 Å². The highest BCUT2D eigenvalue weighted by Gasteiger charge is 2.45. The third kappa shape index (κ3) is 1.25.